The smallest absolute Gasteiger partial charge is 0.397 e. The standard InChI is InChI=1S/C38H62O49S7/c1-64-15-12(8-72-88(43,44)45)76-33(25(67-4)18(15)65-2)80-20-19(66-3)26(68-5)34(81-24(20)31(39)40)78-16-14(10-74-90(49,50)51)77-35(29(87-94(61,62)63)22(16)85-92(55,56)57)82-30-23-27(69-6)36(83-38(30,11-71-23)37(41)42)79-17-13(9-73-89(46,47)48)75-32(70-7)28(86-93(58,59)60)21(17)84-91(52,53)54/h12-30,32-36H,8-11H2,1-7H3,(H,39,40)(H,41,42)(H,43,44,45)(H,46,47,48)(H,49,50,51)(H,52,53,54)(H,55,56,57)(H,58,59,60)(H,61,62,63)/t12-,13-,14-,15-,16-,17-,18+,19+,20+,21+,22+,23-,24+,25-,26-,27-,28-,29-,30+,32-,33-,34-,35-,36-,38-/m0/s1. The van der Waals surface area contributed by atoms with E-state index in [9.17, 15) is 111 Å². The third-order valence-electron chi connectivity index (χ3n) is 14.1. The van der Waals surface area contributed by atoms with Crippen molar-refractivity contribution in [1.29, 1.82) is 0 Å². The highest BCUT2D eigenvalue weighted by Gasteiger charge is 2.70. The van der Waals surface area contributed by atoms with Crippen LogP contribution >= 0.6 is 0 Å². The highest BCUT2D eigenvalue weighted by molar-refractivity contribution is 7.82. The summed E-state index contributed by atoms with van der Waals surface area (Å²) in [5.41, 5.74) is -3.30. The van der Waals surface area contributed by atoms with Gasteiger partial charge in [0.2, 0.25) is 5.60 Å². The van der Waals surface area contributed by atoms with Crippen LogP contribution in [0.15, 0.2) is 0 Å². The van der Waals surface area contributed by atoms with Gasteiger partial charge in [-0.1, -0.05) is 0 Å². The molecule has 0 saturated carbocycles. The number of fused-ring (bicyclic) bond motifs is 2. The molecule has 0 unspecified atom stereocenters. The minimum absolute atomic E-state index is 0.712. The lowest BCUT2D eigenvalue weighted by atomic mass is 9.89. The first-order valence-electron chi connectivity index (χ1n) is 25.4. The van der Waals surface area contributed by atoms with Gasteiger partial charge in [0.15, 0.2) is 49.8 Å². The average molecular weight is 1530 g/mol. The Morgan fingerprint density at radius 3 is 1.09 bits per heavy atom. The monoisotopic (exact) mass is 1530 g/mol. The normalized spacial score (nSPS) is 38.9. The van der Waals surface area contributed by atoms with E-state index in [1.54, 1.807) is 0 Å². The molecule has 9 N–H and O–H groups in total. The van der Waals surface area contributed by atoms with Gasteiger partial charge in [-0.2, -0.15) is 58.9 Å². The molecule has 0 aromatic rings. The molecule has 0 aromatic heterocycles. The minimum atomic E-state index is -6.19. The van der Waals surface area contributed by atoms with Crippen molar-refractivity contribution >= 4 is 84.7 Å². The molecule has 0 spiro atoms. The van der Waals surface area contributed by atoms with Gasteiger partial charge in [-0.15, -0.1) is 0 Å². The van der Waals surface area contributed by atoms with Gasteiger partial charge >= 0.3 is 84.7 Å². The predicted octanol–water partition coefficient (Wildman–Crippen LogP) is -7.96. The van der Waals surface area contributed by atoms with Crippen LogP contribution in [0.3, 0.4) is 0 Å². The Balaban J connectivity index is 1.43. The van der Waals surface area contributed by atoms with E-state index < -0.39 is 264 Å². The fourth-order valence-corrected chi connectivity index (χ4v) is 13.5. The quantitative estimate of drug-likeness (QED) is 0.0270. The molecule has 25 atom stereocenters. The molecule has 0 aromatic carbocycles. The van der Waals surface area contributed by atoms with Crippen LogP contribution in [0.5, 0.6) is 0 Å². The van der Waals surface area contributed by atoms with Crippen LogP contribution in [0.25, 0.3) is 0 Å². The maximum Gasteiger partial charge on any atom is 0.397 e. The Hall–Kier alpha value is -2.65. The van der Waals surface area contributed by atoms with Crippen LogP contribution in [0, 0.1) is 0 Å². The molecule has 6 aliphatic heterocycles. The van der Waals surface area contributed by atoms with Crippen LogP contribution in [-0.2, 0) is 192 Å². The van der Waals surface area contributed by atoms with E-state index in [4.69, 9.17) is 88.9 Å². The first-order chi connectivity index (χ1) is 43.2. The Kier molecular flexibility index (Phi) is 26.9. The van der Waals surface area contributed by atoms with Gasteiger partial charge in [-0.25, -0.2) is 38.9 Å². The summed E-state index contributed by atoms with van der Waals surface area (Å²) in [4.78, 5) is 26.9. The highest BCUT2D eigenvalue weighted by Crippen LogP contribution is 2.46. The molecule has 6 aliphatic rings. The number of ether oxygens (including phenoxy) is 17. The summed E-state index contributed by atoms with van der Waals surface area (Å²) >= 11 is 0. The summed E-state index contributed by atoms with van der Waals surface area (Å²) in [6, 6.07) is 0. The van der Waals surface area contributed by atoms with Gasteiger partial charge in [0.05, 0.1) is 26.4 Å². The molecule has 6 fully saturated rings. The molecule has 49 nitrogen and oxygen atoms in total. The fraction of sp³-hybridized carbons (Fsp3) is 0.947. The first-order valence-corrected chi connectivity index (χ1v) is 35.0. The molecule has 6 rings (SSSR count). The van der Waals surface area contributed by atoms with E-state index in [0.717, 1.165) is 42.7 Å². The van der Waals surface area contributed by atoms with Gasteiger partial charge in [0.1, 0.15) is 97.7 Å². The molecule has 0 radical (unpaired) electrons. The van der Waals surface area contributed by atoms with E-state index >= 15 is 0 Å². The van der Waals surface area contributed by atoms with Crippen molar-refractivity contribution in [2.75, 3.05) is 76.2 Å². The summed E-state index contributed by atoms with van der Waals surface area (Å²) in [5.74, 6) is -4.27. The van der Waals surface area contributed by atoms with Crippen molar-refractivity contribution in [3.8, 4) is 0 Å². The molecule has 0 aliphatic carbocycles. The summed E-state index contributed by atoms with van der Waals surface area (Å²) < 4.78 is 367. The molecule has 6 heterocycles. The fourth-order valence-electron chi connectivity index (χ4n) is 10.6. The Bertz CT molecular complexity index is 3410. The largest absolute Gasteiger partial charge is 0.479 e. The van der Waals surface area contributed by atoms with Crippen molar-refractivity contribution in [2.45, 2.75) is 153 Å². The SMILES string of the molecule is CO[C@H]1O[C@@H](COS(=O)(=O)O)[C@H](O[C@H]2O[C@@]3(C(=O)O)CO[C@@H]([C@@H]2OC)[C@H]3O[C@@H]2O[C@@H](COS(=O)(=O)O)[C@H](O[C@H]3O[C@@H](C(=O)O)[C@H](O[C@@H]4O[C@@H](COS(=O)(=O)O)[C@H](OC)[C@@H](OC)[C@@H]4OC)[C@@H](OC)[C@@H]3OC)[C@@H](OS(=O)(=O)O)[C@@H]2OS(=O)(=O)O)[C@@H](OS(=O)(=O)O)[C@@H]1OS(=O)(=O)O. The third-order valence-corrected chi connectivity index (χ3v) is 17.3. The zero-order valence-electron chi connectivity index (χ0n) is 48.4. The van der Waals surface area contributed by atoms with Gasteiger partial charge < -0.3 is 90.7 Å². The number of rotatable bonds is 34. The van der Waals surface area contributed by atoms with Crippen LogP contribution < -0.4 is 0 Å². The molecule has 94 heavy (non-hydrogen) atoms. The molecule has 56 heteroatoms. The van der Waals surface area contributed by atoms with E-state index in [1.165, 1.54) is 0 Å². The third kappa shape index (κ3) is 20.5. The number of methoxy groups -OCH3 is 7. The number of carboxylic acid groups (broad SMARTS) is 2. The number of hydrogen-bond acceptors (Lipinski definition) is 40. The molecule has 0 amide bonds. The van der Waals surface area contributed by atoms with Gasteiger partial charge in [0, 0.05) is 49.8 Å². The van der Waals surface area contributed by atoms with E-state index in [2.05, 4.69) is 20.9 Å². The van der Waals surface area contributed by atoms with Gasteiger partial charge in [-0.3, -0.25) is 31.9 Å². The lowest BCUT2D eigenvalue weighted by Crippen LogP contribution is -2.70. The molecular formula is C38H62O49S7. The summed E-state index contributed by atoms with van der Waals surface area (Å²) in [7, 11) is -34.0. The second kappa shape index (κ2) is 31.5. The second-order valence-corrected chi connectivity index (χ2v) is 27.2. The van der Waals surface area contributed by atoms with Crippen molar-refractivity contribution in [3.05, 3.63) is 0 Å². The van der Waals surface area contributed by atoms with Crippen LogP contribution in [-0.4, -0.2) is 342 Å². The number of aliphatic carboxylic acids is 2. The minimum Gasteiger partial charge on any atom is -0.479 e. The number of carbonyl (C=O) groups is 2. The second-order valence-electron chi connectivity index (χ2n) is 19.7. The lowest BCUT2D eigenvalue weighted by Gasteiger charge is -2.51. The van der Waals surface area contributed by atoms with Crippen molar-refractivity contribution in [3.63, 3.8) is 0 Å². The zero-order chi connectivity index (χ0) is 70.8. The van der Waals surface area contributed by atoms with E-state index in [-0.39, 0.29) is 0 Å². The summed E-state index contributed by atoms with van der Waals surface area (Å²) in [5, 5.41) is 21.6. The van der Waals surface area contributed by atoms with E-state index in [1.807, 2.05) is 0 Å². The Labute approximate surface area is 532 Å². The number of carboxylic acids is 2. The predicted molar refractivity (Wildman–Crippen MR) is 277 cm³/mol. The molecule has 550 valence electrons. The summed E-state index contributed by atoms with van der Waals surface area (Å²) in [6.45, 7) is -5.64. The Morgan fingerprint density at radius 2 is 0.713 bits per heavy atom. The Morgan fingerprint density at radius 1 is 0.372 bits per heavy atom. The van der Waals surface area contributed by atoms with Crippen molar-refractivity contribution in [2.24, 2.45) is 0 Å². The topological polar surface area (TPSA) is 677 Å². The van der Waals surface area contributed by atoms with Crippen molar-refractivity contribution in [1.82, 2.24) is 0 Å². The zero-order valence-corrected chi connectivity index (χ0v) is 54.1. The average Bonchev–Trinajstić information content (AvgIpc) is 1.48. The molecule has 6 saturated heterocycles. The maximum absolute atomic E-state index is 13.6. The molecular weight excluding hydrogens is 1460 g/mol. The maximum atomic E-state index is 13.6. The van der Waals surface area contributed by atoms with Gasteiger partial charge in [-0.05, 0) is 0 Å². The van der Waals surface area contributed by atoms with Crippen molar-refractivity contribution < 1.29 is 220 Å². The summed E-state index contributed by atoms with van der Waals surface area (Å²) in [6.07, 6.45) is -55.6. The number of hydrogen-bond donors (Lipinski definition) is 9. The van der Waals surface area contributed by atoms with Crippen LogP contribution in [0.1, 0.15) is 0 Å². The lowest BCUT2D eigenvalue weighted by molar-refractivity contribution is -0.386. The van der Waals surface area contributed by atoms with E-state index in [0.29, 0.717) is 7.11 Å². The first kappa shape index (κ1) is 80.3. The van der Waals surface area contributed by atoms with Gasteiger partial charge in [0.25, 0.3) is 0 Å². The highest BCUT2D eigenvalue weighted by atomic mass is 32.3. The van der Waals surface area contributed by atoms with Crippen LogP contribution in [0.2, 0.25) is 0 Å². The van der Waals surface area contributed by atoms with Crippen LogP contribution in [0.4, 0.5) is 0 Å². The molecule has 2 bridgehead atoms.